The average Bonchev–Trinajstić information content (AvgIpc) is 2.69. The van der Waals surface area contributed by atoms with Crippen molar-refractivity contribution in [2.75, 3.05) is 16.8 Å². The van der Waals surface area contributed by atoms with Crippen LogP contribution in [0, 0.1) is 6.92 Å². The van der Waals surface area contributed by atoms with Crippen LogP contribution in [0.3, 0.4) is 0 Å². The van der Waals surface area contributed by atoms with Crippen LogP contribution in [-0.4, -0.2) is 22.4 Å². The molecule has 0 spiro atoms. The van der Waals surface area contributed by atoms with E-state index in [-0.39, 0.29) is 5.91 Å². The third-order valence-corrected chi connectivity index (χ3v) is 4.88. The molecule has 1 aromatic heterocycles. The molecule has 0 aliphatic carbocycles. The van der Waals surface area contributed by atoms with E-state index in [2.05, 4.69) is 32.3 Å². The summed E-state index contributed by atoms with van der Waals surface area (Å²) in [5.41, 5.74) is 4.00. The van der Waals surface area contributed by atoms with Crippen LogP contribution in [-0.2, 0) is 6.42 Å². The third kappa shape index (κ3) is 3.64. The van der Waals surface area contributed by atoms with E-state index in [0.717, 1.165) is 30.8 Å². The van der Waals surface area contributed by atoms with Crippen LogP contribution in [0.2, 0.25) is 5.02 Å². The molecule has 5 nitrogen and oxygen atoms in total. The summed E-state index contributed by atoms with van der Waals surface area (Å²) in [5.74, 6) is 0.242. The lowest BCUT2D eigenvalue weighted by atomic mass is 10.0. The lowest BCUT2D eigenvalue weighted by molar-refractivity contribution is 0.102. The lowest BCUT2D eigenvalue weighted by Crippen LogP contribution is -2.27. The van der Waals surface area contributed by atoms with Crippen LogP contribution >= 0.6 is 11.6 Å². The van der Waals surface area contributed by atoms with Crippen molar-refractivity contribution in [3.8, 4) is 0 Å². The van der Waals surface area contributed by atoms with Gasteiger partial charge in [0.1, 0.15) is 5.69 Å². The predicted octanol–water partition coefficient (Wildman–Crippen LogP) is 4.78. The van der Waals surface area contributed by atoms with Gasteiger partial charge in [-0.05, 0) is 49.6 Å². The Morgan fingerprint density at radius 2 is 1.89 bits per heavy atom. The zero-order valence-electron chi connectivity index (χ0n) is 14.9. The minimum Gasteiger partial charge on any atom is -0.319 e. The number of halogens is 1. The van der Waals surface area contributed by atoms with Crippen molar-refractivity contribution < 1.29 is 4.79 Å². The van der Waals surface area contributed by atoms with Crippen molar-refractivity contribution in [1.29, 1.82) is 0 Å². The number of hydrogen-bond donors (Lipinski definition) is 1. The molecule has 2 heterocycles. The Labute approximate surface area is 163 Å². The zero-order chi connectivity index (χ0) is 18.8. The molecule has 2 aromatic carbocycles. The monoisotopic (exact) mass is 378 g/mol. The number of carbonyl (C=O) groups is 1. The Kier molecular flexibility index (Phi) is 4.77. The fraction of sp³-hybridized carbons (Fsp3) is 0.190. The van der Waals surface area contributed by atoms with Gasteiger partial charge < -0.3 is 10.2 Å². The van der Waals surface area contributed by atoms with E-state index in [1.54, 1.807) is 18.2 Å². The molecule has 1 amide bonds. The molecule has 1 aliphatic heterocycles. The molecule has 0 radical (unpaired) electrons. The highest BCUT2D eigenvalue weighted by atomic mass is 35.5. The fourth-order valence-electron chi connectivity index (χ4n) is 3.28. The molecule has 0 saturated carbocycles. The van der Waals surface area contributed by atoms with Crippen molar-refractivity contribution in [3.63, 3.8) is 0 Å². The number of nitrogens with one attached hydrogen (secondary N) is 1. The normalized spacial score (nSPS) is 13.2. The summed E-state index contributed by atoms with van der Waals surface area (Å²) in [6.07, 6.45) is 2.06. The maximum Gasteiger partial charge on any atom is 0.274 e. The summed E-state index contributed by atoms with van der Waals surface area (Å²) in [6, 6.07) is 17.1. The molecular weight excluding hydrogens is 360 g/mol. The quantitative estimate of drug-likeness (QED) is 0.712. The van der Waals surface area contributed by atoms with Gasteiger partial charge in [0.15, 0.2) is 0 Å². The number of aromatic nitrogens is 2. The summed E-state index contributed by atoms with van der Waals surface area (Å²) >= 11 is 6.14. The van der Waals surface area contributed by atoms with Gasteiger partial charge in [-0.25, -0.2) is 9.97 Å². The van der Waals surface area contributed by atoms with Gasteiger partial charge in [-0.2, -0.15) is 0 Å². The third-order valence-electron chi connectivity index (χ3n) is 4.55. The molecule has 0 bridgehead atoms. The minimum atomic E-state index is -0.305. The minimum absolute atomic E-state index is 0.305. The molecular formula is C21H19ClN4O. The van der Waals surface area contributed by atoms with Gasteiger partial charge in [0.2, 0.25) is 5.95 Å². The summed E-state index contributed by atoms with van der Waals surface area (Å²) in [6.45, 7) is 2.69. The summed E-state index contributed by atoms with van der Waals surface area (Å²) in [4.78, 5) is 23.9. The second-order valence-corrected chi connectivity index (χ2v) is 6.92. The molecule has 27 heavy (non-hydrogen) atoms. The number of aryl methyl sites for hydroxylation is 2. The summed E-state index contributed by atoms with van der Waals surface area (Å²) in [5, 5.41) is 3.31. The largest absolute Gasteiger partial charge is 0.319 e. The number of rotatable bonds is 3. The van der Waals surface area contributed by atoms with Crippen LogP contribution in [0.25, 0.3) is 0 Å². The summed E-state index contributed by atoms with van der Waals surface area (Å²) < 4.78 is 0. The van der Waals surface area contributed by atoms with Gasteiger partial charge in [0.05, 0.1) is 10.7 Å². The van der Waals surface area contributed by atoms with Gasteiger partial charge in [0, 0.05) is 17.9 Å². The van der Waals surface area contributed by atoms with Gasteiger partial charge in [-0.3, -0.25) is 4.79 Å². The van der Waals surface area contributed by atoms with Crippen molar-refractivity contribution in [1.82, 2.24) is 9.97 Å². The van der Waals surface area contributed by atoms with E-state index in [4.69, 9.17) is 11.6 Å². The highest BCUT2D eigenvalue weighted by Crippen LogP contribution is 2.31. The van der Waals surface area contributed by atoms with Gasteiger partial charge in [-0.1, -0.05) is 41.9 Å². The molecule has 3 aromatic rings. The molecule has 1 aliphatic rings. The van der Waals surface area contributed by atoms with Crippen molar-refractivity contribution >= 4 is 34.8 Å². The number of para-hydroxylation sites is 2. The standard InChI is InChI=1S/C21H19ClN4O/c1-14-13-18(20(27)24-17-10-4-3-9-16(17)22)25-21(23-14)26-12-6-8-15-7-2-5-11-19(15)26/h2-5,7,9-11,13H,6,8,12H2,1H3,(H,24,27). The first-order valence-electron chi connectivity index (χ1n) is 8.89. The van der Waals surface area contributed by atoms with Gasteiger partial charge in [0.25, 0.3) is 5.91 Å². The first kappa shape index (κ1) is 17.5. The number of fused-ring (bicyclic) bond motifs is 1. The van der Waals surface area contributed by atoms with Crippen molar-refractivity contribution in [3.05, 3.63) is 76.6 Å². The number of benzene rings is 2. The van der Waals surface area contributed by atoms with E-state index in [9.17, 15) is 4.79 Å². The maximum atomic E-state index is 12.7. The van der Waals surface area contributed by atoms with Crippen LogP contribution in [0.15, 0.2) is 54.6 Å². The van der Waals surface area contributed by atoms with E-state index in [1.165, 1.54) is 5.56 Å². The van der Waals surface area contributed by atoms with E-state index in [0.29, 0.717) is 22.4 Å². The van der Waals surface area contributed by atoms with E-state index < -0.39 is 0 Å². The second-order valence-electron chi connectivity index (χ2n) is 6.51. The second kappa shape index (κ2) is 7.37. The Balaban J connectivity index is 1.67. The molecule has 0 saturated heterocycles. The van der Waals surface area contributed by atoms with Crippen LogP contribution in [0.5, 0.6) is 0 Å². The van der Waals surface area contributed by atoms with E-state index >= 15 is 0 Å². The Morgan fingerprint density at radius 3 is 2.74 bits per heavy atom. The Morgan fingerprint density at radius 1 is 1.11 bits per heavy atom. The van der Waals surface area contributed by atoms with Crippen molar-refractivity contribution in [2.45, 2.75) is 19.8 Å². The number of carbonyl (C=O) groups excluding carboxylic acids is 1. The van der Waals surface area contributed by atoms with Crippen LogP contribution in [0.1, 0.15) is 28.2 Å². The smallest absolute Gasteiger partial charge is 0.274 e. The first-order valence-corrected chi connectivity index (χ1v) is 9.26. The molecule has 136 valence electrons. The average molecular weight is 379 g/mol. The number of anilines is 3. The molecule has 4 rings (SSSR count). The number of hydrogen-bond acceptors (Lipinski definition) is 4. The maximum absolute atomic E-state index is 12.7. The molecule has 0 fully saturated rings. The number of nitrogens with zero attached hydrogens (tertiary/aromatic N) is 3. The highest BCUT2D eigenvalue weighted by molar-refractivity contribution is 6.33. The van der Waals surface area contributed by atoms with Crippen molar-refractivity contribution in [2.24, 2.45) is 0 Å². The Bertz CT molecular complexity index is 1000. The predicted molar refractivity (Wildman–Crippen MR) is 108 cm³/mol. The Hall–Kier alpha value is -2.92. The van der Waals surface area contributed by atoms with E-state index in [1.807, 2.05) is 31.2 Å². The molecule has 1 N–H and O–H groups in total. The van der Waals surface area contributed by atoms with Gasteiger partial charge in [-0.15, -0.1) is 0 Å². The number of amides is 1. The molecule has 0 atom stereocenters. The SMILES string of the molecule is Cc1cc(C(=O)Nc2ccccc2Cl)nc(N2CCCc3ccccc32)n1. The fourth-order valence-corrected chi connectivity index (χ4v) is 3.46. The molecule has 6 heteroatoms. The topological polar surface area (TPSA) is 58.1 Å². The molecule has 0 unspecified atom stereocenters. The highest BCUT2D eigenvalue weighted by Gasteiger charge is 2.22. The van der Waals surface area contributed by atoms with Gasteiger partial charge >= 0.3 is 0 Å². The first-order chi connectivity index (χ1) is 13.1. The van der Waals surface area contributed by atoms with Crippen LogP contribution < -0.4 is 10.2 Å². The van der Waals surface area contributed by atoms with Crippen LogP contribution in [0.4, 0.5) is 17.3 Å². The zero-order valence-corrected chi connectivity index (χ0v) is 15.7. The summed E-state index contributed by atoms with van der Waals surface area (Å²) in [7, 11) is 0. The lowest BCUT2D eigenvalue weighted by Gasteiger charge is -2.29.